The van der Waals surface area contributed by atoms with Gasteiger partial charge in [-0.2, -0.15) is 0 Å². The average Bonchev–Trinajstić information content (AvgIpc) is 2.82. The van der Waals surface area contributed by atoms with Gasteiger partial charge in [0.15, 0.2) is 0 Å². The van der Waals surface area contributed by atoms with E-state index in [0.29, 0.717) is 17.4 Å². The highest BCUT2D eigenvalue weighted by molar-refractivity contribution is 5.44. The first-order valence-electron chi connectivity index (χ1n) is 7.17. The van der Waals surface area contributed by atoms with Crippen LogP contribution < -0.4 is 0 Å². The first-order chi connectivity index (χ1) is 8.80. The molecule has 2 fully saturated rings. The smallest absolute Gasteiger partial charge is 0.0689 e. The number of benzene rings is 1. The Morgan fingerprint density at radius 2 is 2.00 bits per heavy atom. The molecule has 4 rings (SSSR count). The summed E-state index contributed by atoms with van der Waals surface area (Å²) in [5, 5.41) is 0. The first-order valence-corrected chi connectivity index (χ1v) is 7.17. The molecule has 18 heavy (non-hydrogen) atoms. The maximum Gasteiger partial charge on any atom is 0.0689 e. The zero-order chi connectivity index (χ0) is 12.2. The van der Waals surface area contributed by atoms with E-state index in [2.05, 4.69) is 37.3 Å². The summed E-state index contributed by atoms with van der Waals surface area (Å²) in [6, 6.07) is 11.0. The Labute approximate surface area is 109 Å². The molecule has 3 atom stereocenters. The van der Waals surface area contributed by atoms with Crippen LogP contribution in [-0.4, -0.2) is 12.7 Å². The zero-order valence-electron chi connectivity index (χ0n) is 11.0. The molecule has 1 nitrogen and oxygen atoms in total. The van der Waals surface area contributed by atoms with Gasteiger partial charge in [0.1, 0.15) is 0 Å². The van der Waals surface area contributed by atoms with E-state index in [-0.39, 0.29) is 0 Å². The molecular weight excluding hydrogens is 220 g/mol. The van der Waals surface area contributed by atoms with Gasteiger partial charge in [-0.25, -0.2) is 0 Å². The Hall–Kier alpha value is -1.08. The van der Waals surface area contributed by atoms with Gasteiger partial charge in [-0.3, -0.25) is 0 Å². The molecule has 1 heteroatoms. The predicted molar refractivity (Wildman–Crippen MR) is 72.5 cm³/mol. The third-order valence-corrected chi connectivity index (χ3v) is 5.36. The van der Waals surface area contributed by atoms with Crippen LogP contribution in [0.1, 0.15) is 44.1 Å². The molecule has 1 heterocycles. The number of hydrogen-bond donors (Lipinski definition) is 0. The second kappa shape index (κ2) is 3.71. The number of rotatable bonds is 1. The van der Waals surface area contributed by atoms with E-state index in [9.17, 15) is 0 Å². The predicted octanol–water partition coefficient (Wildman–Crippen LogP) is 4.06. The van der Waals surface area contributed by atoms with E-state index < -0.39 is 0 Å². The van der Waals surface area contributed by atoms with E-state index >= 15 is 0 Å². The summed E-state index contributed by atoms with van der Waals surface area (Å²) in [4.78, 5) is 0. The van der Waals surface area contributed by atoms with Crippen LogP contribution in [0.3, 0.4) is 0 Å². The molecule has 0 amide bonds. The minimum atomic E-state index is 0.436. The van der Waals surface area contributed by atoms with Crippen molar-refractivity contribution in [3.05, 3.63) is 47.0 Å². The monoisotopic (exact) mass is 240 g/mol. The van der Waals surface area contributed by atoms with Crippen molar-refractivity contribution in [2.75, 3.05) is 6.61 Å². The Morgan fingerprint density at radius 1 is 1.17 bits per heavy atom. The van der Waals surface area contributed by atoms with Crippen LogP contribution in [0.15, 0.2) is 41.5 Å². The fourth-order valence-corrected chi connectivity index (χ4v) is 4.61. The number of ether oxygens (including phenoxy) is 1. The number of allylic oxidation sites excluding steroid dienone is 1. The second-order valence-electron chi connectivity index (χ2n) is 6.23. The number of hydrogen-bond acceptors (Lipinski definition) is 1. The maximum absolute atomic E-state index is 6.08. The van der Waals surface area contributed by atoms with Gasteiger partial charge in [0.2, 0.25) is 0 Å². The standard InChI is InChI=1S/C17H20O/c1-12-7-8-17-9-10-18-14(11-17)15(16(12)17)13-5-3-2-4-6-13/h2-6,14-15H,7-11H2,1H3. The minimum Gasteiger partial charge on any atom is -0.377 e. The molecule has 1 aromatic carbocycles. The topological polar surface area (TPSA) is 9.23 Å². The van der Waals surface area contributed by atoms with Crippen molar-refractivity contribution in [1.82, 2.24) is 0 Å². The van der Waals surface area contributed by atoms with Gasteiger partial charge in [0.25, 0.3) is 0 Å². The van der Waals surface area contributed by atoms with E-state index in [4.69, 9.17) is 4.74 Å². The van der Waals surface area contributed by atoms with Crippen molar-refractivity contribution in [2.45, 2.75) is 44.6 Å². The maximum atomic E-state index is 6.08. The van der Waals surface area contributed by atoms with Crippen molar-refractivity contribution in [2.24, 2.45) is 5.41 Å². The molecular formula is C17H20O. The van der Waals surface area contributed by atoms with Crippen LogP contribution in [0.5, 0.6) is 0 Å². The molecule has 1 spiro atoms. The third-order valence-electron chi connectivity index (χ3n) is 5.36. The highest BCUT2D eigenvalue weighted by Gasteiger charge is 2.55. The van der Waals surface area contributed by atoms with Gasteiger partial charge in [-0.15, -0.1) is 0 Å². The quantitative estimate of drug-likeness (QED) is 0.673. The highest BCUT2D eigenvalue weighted by Crippen LogP contribution is 2.63. The lowest BCUT2D eigenvalue weighted by molar-refractivity contribution is -0.00808. The molecule has 0 radical (unpaired) electrons. The lowest BCUT2D eigenvalue weighted by Crippen LogP contribution is -2.26. The van der Waals surface area contributed by atoms with E-state index in [1.807, 2.05) is 0 Å². The molecule has 3 unspecified atom stereocenters. The molecule has 1 aromatic rings. The van der Waals surface area contributed by atoms with Crippen LogP contribution in [0, 0.1) is 5.41 Å². The van der Waals surface area contributed by atoms with Gasteiger partial charge in [-0.05, 0) is 43.6 Å². The second-order valence-corrected chi connectivity index (χ2v) is 6.23. The Morgan fingerprint density at radius 3 is 2.83 bits per heavy atom. The lowest BCUT2D eigenvalue weighted by atomic mass is 9.77. The van der Waals surface area contributed by atoms with Gasteiger partial charge in [0.05, 0.1) is 6.10 Å². The fourth-order valence-electron chi connectivity index (χ4n) is 4.61. The van der Waals surface area contributed by atoms with E-state index in [1.54, 1.807) is 11.1 Å². The normalized spacial score (nSPS) is 38.1. The SMILES string of the molecule is CC1=C2C(c3ccccc3)C3CC2(CCO3)CC1. The van der Waals surface area contributed by atoms with Crippen molar-refractivity contribution in [1.29, 1.82) is 0 Å². The Kier molecular flexibility index (Phi) is 2.23. The summed E-state index contributed by atoms with van der Waals surface area (Å²) in [5.74, 6) is 0.538. The summed E-state index contributed by atoms with van der Waals surface area (Å²) in [6.45, 7) is 3.31. The minimum absolute atomic E-state index is 0.436. The summed E-state index contributed by atoms with van der Waals surface area (Å²) in [7, 11) is 0. The summed E-state index contributed by atoms with van der Waals surface area (Å²) in [6.07, 6.45) is 5.63. The molecule has 1 saturated heterocycles. The lowest BCUT2D eigenvalue weighted by Gasteiger charge is -2.30. The molecule has 3 aliphatic rings. The molecule has 2 bridgehead atoms. The molecule has 94 valence electrons. The Balaban J connectivity index is 1.86. The van der Waals surface area contributed by atoms with Crippen LogP contribution in [0.25, 0.3) is 0 Å². The van der Waals surface area contributed by atoms with Crippen molar-refractivity contribution >= 4 is 0 Å². The third kappa shape index (κ3) is 1.31. The van der Waals surface area contributed by atoms with Crippen molar-refractivity contribution in [3.63, 3.8) is 0 Å². The average molecular weight is 240 g/mol. The summed E-state index contributed by atoms with van der Waals surface area (Å²) < 4.78 is 6.08. The molecule has 1 aliphatic heterocycles. The molecule has 2 aliphatic carbocycles. The highest BCUT2D eigenvalue weighted by atomic mass is 16.5. The summed E-state index contributed by atoms with van der Waals surface area (Å²) in [5.41, 5.74) is 5.36. The molecule has 0 N–H and O–H groups in total. The van der Waals surface area contributed by atoms with Crippen LogP contribution >= 0.6 is 0 Å². The van der Waals surface area contributed by atoms with Gasteiger partial charge in [0, 0.05) is 12.5 Å². The fraction of sp³-hybridized carbons (Fsp3) is 0.529. The van der Waals surface area contributed by atoms with Crippen LogP contribution in [0.4, 0.5) is 0 Å². The van der Waals surface area contributed by atoms with Crippen molar-refractivity contribution in [3.8, 4) is 0 Å². The van der Waals surface area contributed by atoms with Gasteiger partial charge in [-0.1, -0.05) is 41.5 Å². The van der Waals surface area contributed by atoms with Crippen molar-refractivity contribution < 1.29 is 4.74 Å². The number of fused-ring (bicyclic) bond motifs is 1. The first kappa shape index (κ1) is 10.8. The molecule has 1 saturated carbocycles. The van der Waals surface area contributed by atoms with E-state index in [1.165, 1.54) is 31.2 Å². The largest absolute Gasteiger partial charge is 0.377 e. The molecule has 0 aromatic heterocycles. The van der Waals surface area contributed by atoms with Crippen LogP contribution in [0.2, 0.25) is 0 Å². The Bertz CT molecular complexity index is 502. The van der Waals surface area contributed by atoms with Gasteiger partial charge >= 0.3 is 0 Å². The summed E-state index contributed by atoms with van der Waals surface area (Å²) >= 11 is 0. The van der Waals surface area contributed by atoms with Crippen LogP contribution in [-0.2, 0) is 4.74 Å². The zero-order valence-corrected chi connectivity index (χ0v) is 11.0. The van der Waals surface area contributed by atoms with Gasteiger partial charge < -0.3 is 4.74 Å². The van der Waals surface area contributed by atoms with E-state index in [0.717, 1.165) is 6.61 Å².